The molecular formula is C12H15ClN2O. The smallest absolute Gasteiger partial charge is 0.0971 e. The molecule has 0 amide bonds. The van der Waals surface area contributed by atoms with Crippen LogP contribution in [0.1, 0.15) is 19.4 Å². The first kappa shape index (κ1) is 12.7. The number of rotatable bonds is 4. The summed E-state index contributed by atoms with van der Waals surface area (Å²) < 4.78 is 0. The molecule has 0 aliphatic heterocycles. The summed E-state index contributed by atoms with van der Waals surface area (Å²) in [6, 6.07) is 7.72. The van der Waals surface area contributed by atoms with E-state index < -0.39 is 0 Å². The van der Waals surface area contributed by atoms with Gasteiger partial charge in [0.15, 0.2) is 0 Å². The topological polar surface area (TPSA) is 45.0 Å². The molecule has 0 saturated heterocycles. The molecule has 0 unspecified atom stereocenters. The van der Waals surface area contributed by atoms with Crippen LogP contribution in [0.2, 0.25) is 5.02 Å². The van der Waals surface area contributed by atoms with E-state index in [4.69, 9.17) is 16.8 Å². The summed E-state index contributed by atoms with van der Waals surface area (Å²) in [7, 11) is 0. The molecule has 86 valence electrons. The molecule has 0 spiro atoms. The summed E-state index contributed by atoms with van der Waals surface area (Å²) in [4.78, 5) is 4.30. The van der Waals surface area contributed by atoms with E-state index in [1.165, 1.54) is 0 Å². The molecule has 1 rings (SSSR count). The van der Waals surface area contributed by atoms with Gasteiger partial charge in [0.05, 0.1) is 11.4 Å². The van der Waals surface area contributed by atoms with Gasteiger partial charge in [0, 0.05) is 11.6 Å². The fourth-order valence-electron chi connectivity index (χ4n) is 1.23. The van der Waals surface area contributed by atoms with Crippen molar-refractivity contribution in [1.82, 2.24) is 0 Å². The van der Waals surface area contributed by atoms with Crippen molar-refractivity contribution in [1.29, 1.82) is 0 Å². The molecule has 4 heteroatoms. The summed E-state index contributed by atoms with van der Waals surface area (Å²) in [5, 5.41) is 12.4. The molecule has 0 atom stereocenters. The zero-order valence-corrected chi connectivity index (χ0v) is 10.2. The lowest BCUT2D eigenvalue weighted by molar-refractivity contribution is 0.320. The van der Waals surface area contributed by atoms with Crippen LogP contribution in [0.25, 0.3) is 0 Å². The van der Waals surface area contributed by atoms with Crippen LogP contribution in [0.15, 0.2) is 34.4 Å². The largest absolute Gasteiger partial charge is 0.411 e. The quantitative estimate of drug-likeness (QED) is 0.489. The van der Waals surface area contributed by atoms with E-state index in [2.05, 4.69) is 10.1 Å². The Morgan fingerprint density at radius 1 is 1.25 bits per heavy atom. The maximum absolute atomic E-state index is 8.55. The summed E-state index contributed by atoms with van der Waals surface area (Å²) >= 11 is 6.02. The highest BCUT2D eigenvalue weighted by molar-refractivity contribution is 6.40. The van der Waals surface area contributed by atoms with Crippen molar-refractivity contribution in [3.8, 4) is 0 Å². The number of benzene rings is 1. The molecule has 1 N–H and O–H groups in total. The monoisotopic (exact) mass is 238 g/mol. The second kappa shape index (κ2) is 6.28. The van der Waals surface area contributed by atoms with Crippen LogP contribution in [0, 0.1) is 0 Å². The molecule has 0 fully saturated rings. The van der Waals surface area contributed by atoms with Gasteiger partial charge < -0.3 is 5.21 Å². The molecule has 1 aromatic rings. The van der Waals surface area contributed by atoms with Gasteiger partial charge in [-0.25, -0.2) is 0 Å². The van der Waals surface area contributed by atoms with E-state index in [1.807, 2.05) is 31.2 Å². The van der Waals surface area contributed by atoms with E-state index in [0.29, 0.717) is 12.3 Å². The fraction of sp³-hybridized carbons (Fsp3) is 0.333. The van der Waals surface area contributed by atoms with Crippen molar-refractivity contribution in [2.75, 3.05) is 6.54 Å². The molecule has 0 bridgehead atoms. The van der Waals surface area contributed by atoms with Crippen LogP contribution in [-0.4, -0.2) is 23.2 Å². The van der Waals surface area contributed by atoms with Gasteiger partial charge in [0.25, 0.3) is 0 Å². The van der Waals surface area contributed by atoms with Gasteiger partial charge in [-0.1, -0.05) is 35.0 Å². The summed E-state index contributed by atoms with van der Waals surface area (Å²) in [5.41, 5.74) is 2.37. The first-order valence-electron chi connectivity index (χ1n) is 5.08. The van der Waals surface area contributed by atoms with E-state index in [1.54, 1.807) is 6.92 Å². The first-order valence-corrected chi connectivity index (χ1v) is 5.46. The Labute approximate surface area is 100 Å². The summed E-state index contributed by atoms with van der Waals surface area (Å²) in [6.07, 6.45) is 0.787. The highest BCUT2D eigenvalue weighted by Crippen LogP contribution is 2.15. The molecular weight excluding hydrogens is 224 g/mol. The van der Waals surface area contributed by atoms with Gasteiger partial charge in [0.2, 0.25) is 0 Å². The Bertz CT molecular complexity index is 413. The van der Waals surface area contributed by atoms with Gasteiger partial charge in [-0.05, 0) is 31.9 Å². The Kier molecular flexibility index (Phi) is 4.99. The average Bonchev–Trinajstić information content (AvgIpc) is 2.30. The third kappa shape index (κ3) is 3.66. The SMILES string of the molecule is CC(=NO)C(C)=NCCc1ccccc1Cl. The minimum atomic E-state index is 0.541. The van der Waals surface area contributed by atoms with Crippen LogP contribution in [0.4, 0.5) is 0 Å². The lowest BCUT2D eigenvalue weighted by atomic mass is 10.1. The molecule has 0 saturated carbocycles. The normalized spacial score (nSPS) is 12.9. The molecule has 0 radical (unpaired) electrons. The predicted octanol–water partition coefficient (Wildman–Crippen LogP) is 3.19. The molecule has 16 heavy (non-hydrogen) atoms. The lowest BCUT2D eigenvalue weighted by Gasteiger charge is -2.02. The zero-order chi connectivity index (χ0) is 12.0. The number of aliphatic imine (C=N–C) groups is 1. The number of hydrogen-bond donors (Lipinski definition) is 1. The Hall–Kier alpha value is -1.35. The van der Waals surface area contributed by atoms with Crippen LogP contribution in [-0.2, 0) is 6.42 Å². The van der Waals surface area contributed by atoms with Gasteiger partial charge >= 0.3 is 0 Å². The Balaban J connectivity index is 2.57. The van der Waals surface area contributed by atoms with Crippen LogP contribution < -0.4 is 0 Å². The third-order valence-electron chi connectivity index (χ3n) is 2.36. The van der Waals surface area contributed by atoms with Gasteiger partial charge in [-0.3, -0.25) is 4.99 Å². The lowest BCUT2D eigenvalue weighted by Crippen LogP contribution is -2.07. The summed E-state index contributed by atoms with van der Waals surface area (Å²) in [6.45, 7) is 4.18. The van der Waals surface area contributed by atoms with Crippen molar-refractivity contribution in [2.45, 2.75) is 20.3 Å². The van der Waals surface area contributed by atoms with Crippen molar-refractivity contribution < 1.29 is 5.21 Å². The zero-order valence-electron chi connectivity index (χ0n) is 9.44. The number of nitrogens with zero attached hydrogens (tertiary/aromatic N) is 2. The summed E-state index contributed by atoms with van der Waals surface area (Å²) in [5.74, 6) is 0. The van der Waals surface area contributed by atoms with Crippen LogP contribution >= 0.6 is 11.6 Å². The van der Waals surface area contributed by atoms with Crippen molar-refractivity contribution in [3.05, 3.63) is 34.9 Å². The van der Waals surface area contributed by atoms with Crippen molar-refractivity contribution >= 4 is 23.0 Å². The fourth-order valence-corrected chi connectivity index (χ4v) is 1.46. The van der Waals surface area contributed by atoms with E-state index in [0.717, 1.165) is 22.7 Å². The number of halogens is 1. The highest BCUT2D eigenvalue weighted by atomic mass is 35.5. The molecule has 1 aromatic carbocycles. The number of hydrogen-bond acceptors (Lipinski definition) is 3. The first-order chi connectivity index (χ1) is 7.65. The van der Waals surface area contributed by atoms with Gasteiger partial charge in [-0.2, -0.15) is 0 Å². The second-order valence-corrected chi connectivity index (χ2v) is 3.90. The average molecular weight is 239 g/mol. The second-order valence-electron chi connectivity index (χ2n) is 3.49. The maximum Gasteiger partial charge on any atom is 0.0971 e. The Morgan fingerprint density at radius 2 is 1.94 bits per heavy atom. The Morgan fingerprint density at radius 3 is 2.56 bits per heavy atom. The third-order valence-corrected chi connectivity index (χ3v) is 2.73. The van der Waals surface area contributed by atoms with E-state index >= 15 is 0 Å². The van der Waals surface area contributed by atoms with Gasteiger partial charge in [0.1, 0.15) is 0 Å². The molecule has 3 nitrogen and oxygen atoms in total. The van der Waals surface area contributed by atoms with Crippen molar-refractivity contribution in [2.24, 2.45) is 10.1 Å². The number of oxime groups is 1. The predicted molar refractivity (Wildman–Crippen MR) is 68.0 cm³/mol. The minimum Gasteiger partial charge on any atom is -0.411 e. The molecule has 0 aromatic heterocycles. The molecule has 0 aliphatic carbocycles. The van der Waals surface area contributed by atoms with E-state index in [-0.39, 0.29) is 0 Å². The van der Waals surface area contributed by atoms with Crippen molar-refractivity contribution in [3.63, 3.8) is 0 Å². The molecule has 0 heterocycles. The minimum absolute atomic E-state index is 0.541. The highest BCUT2D eigenvalue weighted by Gasteiger charge is 1.99. The maximum atomic E-state index is 8.55. The standard InChI is InChI=1S/C12H15ClN2O/c1-9(10(2)15-16)14-8-7-11-5-3-4-6-12(11)13/h3-6,16H,7-8H2,1-2H3. The molecule has 0 aliphatic rings. The van der Waals surface area contributed by atoms with Gasteiger partial charge in [-0.15, -0.1) is 0 Å². The van der Waals surface area contributed by atoms with E-state index in [9.17, 15) is 0 Å². The van der Waals surface area contributed by atoms with Crippen LogP contribution in [0.3, 0.4) is 0 Å². The van der Waals surface area contributed by atoms with Crippen LogP contribution in [0.5, 0.6) is 0 Å².